The highest BCUT2D eigenvalue weighted by Crippen LogP contribution is 1.61. The van der Waals surface area contributed by atoms with E-state index in [9.17, 15) is 8.76 Å². The van der Waals surface area contributed by atoms with E-state index in [1.165, 1.54) is 6.08 Å². The molecular formula is C3H7ClNO2S-. The normalized spacial score (nSPS) is 11.6. The highest BCUT2D eigenvalue weighted by molar-refractivity contribution is 7.77. The van der Waals surface area contributed by atoms with Crippen LogP contribution in [0.5, 0.6) is 0 Å². The standard InChI is InChI=1S/C3H7NO2S.ClH/c1-2-3-4-7(5)6;/h2,4H,1,3H2,(H,5,6);1H/p-1. The van der Waals surface area contributed by atoms with Crippen LogP contribution in [0.2, 0.25) is 0 Å². The number of hydrogen-bond acceptors (Lipinski definition) is 2. The summed E-state index contributed by atoms with van der Waals surface area (Å²) < 4.78 is 21.3. The van der Waals surface area contributed by atoms with Crippen LogP contribution >= 0.6 is 12.4 Å². The maximum atomic E-state index is 9.60. The fourth-order valence-electron chi connectivity index (χ4n) is 0.127. The Morgan fingerprint density at radius 3 is 2.50 bits per heavy atom. The van der Waals surface area contributed by atoms with Crippen LogP contribution in [0.1, 0.15) is 0 Å². The molecule has 1 unspecified atom stereocenters. The molecule has 0 aliphatic heterocycles. The Balaban J connectivity index is 0. The van der Waals surface area contributed by atoms with Crippen LogP contribution in [0.4, 0.5) is 0 Å². The van der Waals surface area contributed by atoms with Gasteiger partial charge in [0.1, 0.15) is 0 Å². The average molecular weight is 157 g/mol. The van der Waals surface area contributed by atoms with Crippen molar-refractivity contribution in [3.63, 3.8) is 0 Å². The lowest BCUT2D eigenvalue weighted by atomic mass is 10.7. The van der Waals surface area contributed by atoms with E-state index in [4.69, 9.17) is 0 Å². The van der Waals surface area contributed by atoms with Crippen molar-refractivity contribution in [2.75, 3.05) is 6.54 Å². The summed E-state index contributed by atoms with van der Waals surface area (Å²) >= 11 is -2.14. The van der Waals surface area contributed by atoms with Crippen LogP contribution in [-0.2, 0) is 11.3 Å². The Bertz CT molecular complexity index is 87.4. The van der Waals surface area contributed by atoms with Crippen LogP contribution in [0.25, 0.3) is 0 Å². The maximum absolute atomic E-state index is 9.60. The van der Waals surface area contributed by atoms with Crippen molar-refractivity contribution in [2.24, 2.45) is 0 Å². The van der Waals surface area contributed by atoms with Crippen molar-refractivity contribution in [3.8, 4) is 0 Å². The van der Waals surface area contributed by atoms with Gasteiger partial charge in [0.25, 0.3) is 0 Å². The fourth-order valence-corrected chi connectivity index (χ4v) is 0.381. The molecule has 0 bridgehead atoms. The summed E-state index contributed by atoms with van der Waals surface area (Å²) in [6, 6.07) is 0. The van der Waals surface area contributed by atoms with Gasteiger partial charge < -0.3 is 4.55 Å². The second-order valence-corrected chi connectivity index (χ2v) is 1.63. The van der Waals surface area contributed by atoms with Gasteiger partial charge in [-0.15, -0.1) is 19.0 Å². The zero-order chi connectivity index (χ0) is 5.70. The van der Waals surface area contributed by atoms with Gasteiger partial charge in [-0.05, 0) is 0 Å². The Labute approximate surface area is 57.0 Å². The number of hydrogen-bond donors (Lipinski definition) is 1. The number of rotatable bonds is 3. The largest absolute Gasteiger partial charge is 0.760 e. The first-order valence-corrected chi connectivity index (χ1v) is 2.78. The van der Waals surface area contributed by atoms with Gasteiger partial charge in [-0.25, -0.2) is 4.72 Å². The second kappa shape index (κ2) is 7.10. The van der Waals surface area contributed by atoms with Gasteiger partial charge in [-0.3, -0.25) is 4.21 Å². The molecule has 5 heteroatoms. The van der Waals surface area contributed by atoms with Gasteiger partial charge >= 0.3 is 0 Å². The second-order valence-electron chi connectivity index (χ2n) is 0.872. The van der Waals surface area contributed by atoms with E-state index in [2.05, 4.69) is 11.3 Å². The molecule has 0 radical (unpaired) electrons. The van der Waals surface area contributed by atoms with E-state index < -0.39 is 11.3 Å². The van der Waals surface area contributed by atoms with E-state index in [1.807, 2.05) is 0 Å². The summed E-state index contributed by atoms with van der Waals surface area (Å²) in [7, 11) is 0. The van der Waals surface area contributed by atoms with Crippen LogP contribution < -0.4 is 4.72 Å². The van der Waals surface area contributed by atoms with Gasteiger partial charge in [-0.1, -0.05) is 6.08 Å². The molecule has 0 saturated carbocycles. The lowest BCUT2D eigenvalue weighted by molar-refractivity contribution is 0.526. The Morgan fingerprint density at radius 1 is 1.88 bits per heavy atom. The average Bonchev–Trinajstić information content (AvgIpc) is 1.61. The number of nitrogens with one attached hydrogen (secondary N) is 1. The van der Waals surface area contributed by atoms with Gasteiger partial charge in [0, 0.05) is 17.8 Å². The molecule has 0 saturated heterocycles. The van der Waals surface area contributed by atoms with Gasteiger partial charge in [-0.2, -0.15) is 0 Å². The third-order valence-electron chi connectivity index (χ3n) is 0.346. The molecule has 0 aromatic rings. The Morgan fingerprint density at radius 2 is 2.38 bits per heavy atom. The van der Waals surface area contributed by atoms with Crippen LogP contribution in [-0.4, -0.2) is 15.3 Å². The minimum Gasteiger partial charge on any atom is -0.760 e. The summed E-state index contributed by atoms with van der Waals surface area (Å²) in [5.74, 6) is 0. The molecule has 0 fully saturated rings. The fraction of sp³-hybridized carbons (Fsp3) is 0.333. The van der Waals surface area contributed by atoms with E-state index in [1.54, 1.807) is 0 Å². The topological polar surface area (TPSA) is 52.2 Å². The lowest BCUT2D eigenvalue weighted by Crippen LogP contribution is -2.15. The SMILES string of the molecule is C=CCNS(=O)[O-].Cl. The van der Waals surface area contributed by atoms with Crippen molar-refractivity contribution >= 4 is 23.7 Å². The molecule has 8 heavy (non-hydrogen) atoms. The maximum Gasteiger partial charge on any atom is 0.0249 e. The summed E-state index contributed by atoms with van der Waals surface area (Å²) in [5, 5.41) is 0. The highest BCUT2D eigenvalue weighted by atomic mass is 35.5. The Hall–Kier alpha value is 0.1000. The van der Waals surface area contributed by atoms with Crippen molar-refractivity contribution in [2.45, 2.75) is 0 Å². The minimum atomic E-state index is -2.14. The molecule has 0 aliphatic rings. The van der Waals surface area contributed by atoms with Crippen molar-refractivity contribution in [1.29, 1.82) is 0 Å². The van der Waals surface area contributed by atoms with E-state index in [-0.39, 0.29) is 12.4 Å². The van der Waals surface area contributed by atoms with Crippen LogP contribution in [0, 0.1) is 0 Å². The summed E-state index contributed by atoms with van der Waals surface area (Å²) in [6.45, 7) is 3.60. The van der Waals surface area contributed by atoms with E-state index >= 15 is 0 Å². The van der Waals surface area contributed by atoms with Gasteiger partial charge in [0.15, 0.2) is 0 Å². The molecule has 0 amide bonds. The minimum absolute atomic E-state index is 0. The molecule has 0 aromatic carbocycles. The molecule has 0 aliphatic carbocycles. The first kappa shape index (κ1) is 11.0. The lowest BCUT2D eigenvalue weighted by Gasteiger charge is -2.01. The molecule has 0 rings (SSSR count). The van der Waals surface area contributed by atoms with E-state index in [0.717, 1.165) is 0 Å². The molecular weight excluding hydrogens is 150 g/mol. The van der Waals surface area contributed by atoms with Crippen molar-refractivity contribution in [1.82, 2.24) is 4.72 Å². The summed E-state index contributed by atoms with van der Waals surface area (Å²) in [4.78, 5) is 0. The molecule has 1 atom stereocenters. The smallest absolute Gasteiger partial charge is 0.0249 e. The zero-order valence-electron chi connectivity index (χ0n) is 4.12. The molecule has 1 N–H and O–H groups in total. The first-order valence-electron chi connectivity index (χ1n) is 1.71. The van der Waals surface area contributed by atoms with Gasteiger partial charge in [0.05, 0.1) is 0 Å². The predicted molar refractivity (Wildman–Crippen MR) is 34.4 cm³/mol. The number of halogens is 1. The van der Waals surface area contributed by atoms with Gasteiger partial charge in [0.2, 0.25) is 0 Å². The predicted octanol–water partition coefficient (Wildman–Crippen LogP) is -0.0221. The van der Waals surface area contributed by atoms with Crippen LogP contribution in [0.15, 0.2) is 12.7 Å². The molecule has 0 heterocycles. The summed E-state index contributed by atoms with van der Waals surface area (Å²) in [5.41, 5.74) is 0. The van der Waals surface area contributed by atoms with Crippen LogP contribution in [0.3, 0.4) is 0 Å². The third-order valence-corrected chi connectivity index (χ3v) is 0.748. The quantitative estimate of drug-likeness (QED) is 0.461. The zero-order valence-corrected chi connectivity index (χ0v) is 5.76. The van der Waals surface area contributed by atoms with Crippen molar-refractivity contribution in [3.05, 3.63) is 12.7 Å². The first-order chi connectivity index (χ1) is 3.27. The Kier molecular flexibility index (Phi) is 9.74. The monoisotopic (exact) mass is 156 g/mol. The highest BCUT2D eigenvalue weighted by Gasteiger charge is 1.71. The van der Waals surface area contributed by atoms with E-state index in [0.29, 0.717) is 6.54 Å². The summed E-state index contributed by atoms with van der Waals surface area (Å²) in [6.07, 6.45) is 1.47. The molecule has 50 valence electrons. The molecule has 0 spiro atoms. The molecule has 0 aromatic heterocycles. The van der Waals surface area contributed by atoms with Crippen molar-refractivity contribution < 1.29 is 8.76 Å². The molecule has 3 nitrogen and oxygen atoms in total. The third kappa shape index (κ3) is 9.44.